The van der Waals surface area contributed by atoms with Crippen LogP contribution in [0.3, 0.4) is 0 Å². The molecule has 170 valence electrons. The fraction of sp³-hybridized carbons (Fsp3) is 0.762. The number of hydrogen-bond donors (Lipinski definition) is 2. The SMILES string of the molecule is CCc1cnc(CCNC(=NC)NCCCN2CCN(C(=O)OC(C)(C)C)CC2)s1. The summed E-state index contributed by atoms with van der Waals surface area (Å²) in [7, 11) is 1.80. The molecule has 1 aromatic rings. The van der Waals surface area contributed by atoms with Crippen LogP contribution in [0.15, 0.2) is 11.2 Å². The molecule has 1 fully saturated rings. The molecule has 2 heterocycles. The molecule has 0 aliphatic carbocycles. The predicted molar refractivity (Wildman–Crippen MR) is 123 cm³/mol. The summed E-state index contributed by atoms with van der Waals surface area (Å²) < 4.78 is 5.45. The van der Waals surface area contributed by atoms with Crippen LogP contribution in [0.25, 0.3) is 0 Å². The van der Waals surface area contributed by atoms with Crippen LogP contribution >= 0.6 is 11.3 Å². The third-order valence-electron chi connectivity index (χ3n) is 4.77. The maximum atomic E-state index is 12.1. The number of nitrogens with zero attached hydrogens (tertiary/aromatic N) is 4. The highest BCUT2D eigenvalue weighted by Gasteiger charge is 2.25. The molecule has 0 bridgehead atoms. The van der Waals surface area contributed by atoms with E-state index in [2.05, 4.69) is 32.4 Å². The number of aromatic nitrogens is 1. The zero-order valence-electron chi connectivity index (χ0n) is 19.2. The number of hydrogen-bond acceptors (Lipinski definition) is 6. The van der Waals surface area contributed by atoms with Crippen molar-refractivity contribution in [2.75, 3.05) is 52.9 Å². The maximum Gasteiger partial charge on any atom is 0.410 e. The van der Waals surface area contributed by atoms with Crippen molar-refractivity contribution < 1.29 is 9.53 Å². The molecule has 1 amide bonds. The smallest absolute Gasteiger partial charge is 0.410 e. The van der Waals surface area contributed by atoms with E-state index in [-0.39, 0.29) is 6.09 Å². The molecule has 0 aromatic carbocycles. The number of ether oxygens (including phenoxy) is 1. The van der Waals surface area contributed by atoms with Crippen LogP contribution < -0.4 is 10.6 Å². The van der Waals surface area contributed by atoms with E-state index < -0.39 is 5.60 Å². The quantitative estimate of drug-likeness (QED) is 0.368. The molecule has 30 heavy (non-hydrogen) atoms. The van der Waals surface area contributed by atoms with E-state index in [1.54, 1.807) is 23.3 Å². The predicted octanol–water partition coefficient (Wildman–Crippen LogP) is 2.36. The monoisotopic (exact) mass is 438 g/mol. The fourth-order valence-electron chi connectivity index (χ4n) is 3.13. The molecular weight excluding hydrogens is 400 g/mol. The van der Waals surface area contributed by atoms with E-state index in [0.717, 1.165) is 71.0 Å². The summed E-state index contributed by atoms with van der Waals surface area (Å²) in [6.07, 6.45) is 4.75. The van der Waals surface area contributed by atoms with Gasteiger partial charge in [0.2, 0.25) is 0 Å². The summed E-state index contributed by atoms with van der Waals surface area (Å²) >= 11 is 1.78. The van der Waals surface area contributed by atoms with Gasteiger partial charge in [0.15, 0.2) is 5.96 Å². The van der Waals surface area contributed by atoms with Gasteiger partial charge in [0.05, 0.1) is 5.01 Å². The van der Waals surface area contributed by atoms with Gasteiger partial charge >= 0.3 is 6.09 Å². The molecule has 2 N–H and O–H groups in total. The lowest BCUT2D eigenvalue weighted by Gasteiger charge is -2.35. The number of carbonyl (C=O) groups is 1. The first-order valence-corrected chi connectivity index (χ1v) is 11.7. The molecule has 0 unspecified atom stereocenters. The molecule has 1 aliphatic heterocycles. The zero-order chi connectivity index (χ0) is 22.0. The normalized spacial score (nSPS) is 15.9. The van der Waals surface area contributed by atoms with Crippen molar-refractivity contribution in [1.29, 1.82) is 0 Å². The molecule has 0 saturated carbocycles. The first-order valence-electron chi connectivity index (χ1n) is 10.9. The third-order valence-corrected chi connectivity index (χ3v) is 5.97. The molecule has 8 nitrogen and oxygen atoms in total. The van der Waals surface area contributed by atoms with Gasteiger partial charge in [0.25, 0.3) is 0 Å². The Bertz CT molecular complexity index is 677. The maximum absolute atomic E-state index is 12.1. The van der Waals surface area contributed by atoms with Gasteiger partial charge in [-0.2, -0.15) is 0 Å². The Morgan fingerprint density at radius 2 is 1.93 bits per heavy atom. The second-order valence-electron chi connectivity index (χ2n) is 8.41. The second kappa shape index (κ2) is 12.1. The number of aryl methyl sites for hydroxylation is 1. The van der Waals surface area contributed by atoms with E-state index in [0.29, 0.717) is 0 Å². The molecule has 1 aliphatic rings. The number of aliphatic imine (C=N–C) groups is 1. The van der Waals surface area contributed by atoms with E-state index in [1.165, 1.54) is 9.88 Å². The highest BCUT2D eigenvalue weighted by atomic mass is 32.1. The summed E-state index contributed by atoms with van der Waals surface area (Å²) in [5.41, 5.74) is -0.439. The van der Waals surface area contributed by atoms with Gasteiger partial charge in [-0.25, -0.2) is 9.78 Å². The van der Waals surface area contributed by atoms with Gasteiger partial charge in [-0.15, -0.1) is 11.3 Å². The largest absolute Gasteiger partial charge is 0.444 e. The van der Waals surface area contributed by atoms with E-state index >= 15 is 0 Å². The molecular formula is C21H38N6O2S. The van der Waals surface area contributed by atoms with Crippen LogP contribution in [-0.4, -0.2) is 85.3 Å². The van der Waals surface area contributed by atoms with Gasteiger partial charge in [-0.3, -0.25) is 9.89 Å². The first kappa shape index (κ1) is 24.4. The first-order chi connectivity index (χ1) is 14.3. The van der Waals surface area contributed by atoms with Crippen molar-refractivity contribution >= 4 is 23.4 Å². The zero-order valence-corrected chi connectivity index (χ0v) is 20.0. The number of thiazole rings is 1. The highest BCUT2D eigenvalue weighted by Crippen LogP contribution is 2.13. The summed E-state index contributed by atoms with van der Waals surface area (Å²) in [5.74, 6) is 0.831. The van der Waals surface area contributed by atoms with Gasteiger partial charge in [-0.05, 0) is 40.2 Å². The standard InChI is InChI=1S/C21H38N6O2S/c1-6-17-16-25-18(30-17)8-10-24-19(22-5)23-9-7-11-26-12-14-27(15-13-26)20(28)29-21(2,3)4/h16H,6-15H2,1-5H3,(H2,22,23,24). The van der Waals surface area contributed by atoms with Crippen molar-refractivity contribution in [2.45, 2.75) is 52.6 Å². The minimum absolute atomic E-state index is 0.206. The summed E-state index contributed by atoms with van der Waals surface area (Å²) in [6, 6.07) is 0. The minimum atomic E-state index is -0.439. The van der Waals surface area contributed by atoms with E-state index in [4.69, 9.17) is 4.74 Å². The Labute approximate surface area is 185 Å². The lowest BCUT2D eigenvalue weighted by Crippen LogP contribution is -2.50. The average Bonchev–Trinajstić information content (AvgIpc) is 3.17. The number of rotatable bonds is 8. The molecule has 0 spiro atoms. The topological polar surface area (TPSA) is 82.1 Å². The molecule has 2 rings (SSSR count). The lowest BCUT2D eigenvalue weighted by molar-refractivity contribution is 0.0145. The van der Waals surface area contributed by atoms with Crippen LogP contribution in [0, 0.1) is 0 Å². The van der Waals surface area contributed by atoms with Gasteiger partial charge in [0.1, 0.15) is 5.60 Å². The van der Waals surface area contributed by atoms with Crippen molar-refractivity contribution in [3.05, 3.63) is 16.1 Å². The number of guanidine groups is 1. The molecule has 1 saturated heterocycles. The lowest BCUT2D eigenvalue weighted by atomic mass is 10.2. The van der Waals surface area contributed by atoms with Crippen LogP contribution in [0.5, 0.6) is 0 Å². The summed E-state index contributed by atoms with van der Waals surface area (Å²) in [4.78, 5) is 26.4. The summed E-state index contributed by atoms with van der Waals surface area (Å²) in [5, 5.41) is 7.90. The molecule has 9 heteroatoms. The number of nitrogens with one attached hydrogen (secondary N) is 2. The van der Waals surface area contributed by atoms with E-state index in [1.807, 2.05) is 27.0 Å². The van der Waals surface area contributed by atoms with Crippen molar-refractivity contribution in [3.8, 4) is 0 Å². The Morgan fingerprint density at radius 1 is 1.23 bits per heavy atom. The van der Waals surface area contributed by atoms with Crippen LogP contribution in [0.1, 0.15) is 44.0 Å². The van der Waals surface area contributed by atoms with E-state index in [9.17, 15) is 4.79 Å². The van der Waals surface area contributed by atoms with Crippen LogP contribution in [-0.2, 0) is 17.6 Å². The van der Waals surface area contributed by atoms with Gasteiger partial charge < -0.3 is 20.3 Å². The second-order valence-corrected chi connectivity index (χ2v) is 9.61. The third kappa shape index (κ3) is 8.87. The van der Waals surface area contributed by atoms with Crippen LogP contribution in [0.2, 0.25) is 0 Å². The van der Waals surface area contributed by atoms with Gasteiger partial charge in [0, 0.05) is 63.8 Å². The van der Waals surface area contributed by atoms with Crippen molar-refractivity contribution in [1.82, 2.24) is 25.4 Å². The van der Waals surface area contributed by atoms with Gasteiger partial charge in [-0.1, -0.05) is 6.92 Å². The Kier molecular flexibility index (Phi) is 9.84. The number of amides is 1. The molecule has 1 aromatic heterocycles. The Balaban J connectivity index is 1.56. The average molecular weight is 439 g/mol. The number of carbonyl (C=O) groups excluding carboxylic acids is 1. The van der Waals surface area contributed by atoms with Crippen molar-refractivity contribution in [2.24, 2.45) is 4.99 Å². The summed E-state index contributed by atoms with van der Waals surface area (Å²) in [6.45, 7) is 13.8. The fourth-order valence-corrected chi connectivity index (χ4v) is 3.99. The Hall–Kier alpha value is -1.87. The van der Waals surface area contributed by atoms with Crippen molar-refractivity contribution in [3.63, 3.8) is 0 Å². The molecule has 0 radical (unpaired) electrons. The number of piperazine rings is 1. The highest BCUT2D eigenvalue weighted by molar-refractivity contribution is 7.11. The van der Waals surface area contributed by atoms with Crippen LogP contribution in [0.4, 0.5) is 4.79 Å². The minimum Gasteiger partial charge on any atom is -0.444 e. The molecule has 0 atom stereocenters. The Morgan fingerprint density at radius 3 is 2.53 bits per heavy atom.